The number of rotatable bonds is 4. The van der Waals surface area contributed by atoms with Crippen LogP contribution in [0.3, 0.4) is 0 Å². The number of benzene rings is 2. The molecule has 112 valence electrons. The van der Waals surface area contributed by atoms with E-state index in [-0.39, 0.29) is 12.4 Å². The van der Waals surface area contributed by atoms with Crippen LogP contribution in [-0.2, 0) is 4.79 Å². The van der Waals surface area contributed by atoms with Crippen molar-refractivity contribution < 1.29 is 9.18 Å². The van der Waals surface area contributed by atoms with E-state index >= 15 is 0 Å². The lowest BCUT2D eigenvalue weighted by Gasteiger charge is -2.08. The van der Waals surface area contributed by atoms with Gasteiger partial charge in [-0.2, -0.15) is 0 Å². The predicted octanol–water partition coefficient (Wildman–Crippen LogP) is 3.31. The normalized spacial score (nSPS) is 10.8. The molecule has 3 rings (SSSR count). The van der Waals surface area contributed by atoms with E-state index in [0.717, 1.165) is 26.5 Å². The molecule has 0 radical (unpaired) electrons. The summed E-state index contributed by atoms with van der Waals surface area (Å²) in [6.45, 7) is 2.04. The van der Waals surface area contributed by atoms with Crippen molar-refractivity contribution in [3.8, 4) is 10.6 Å². The zero-order chi connectivity index (χ0) is 15.7. The molecule has 3 aromatic rings. The maximum absolute atomic E-state index is 13.2. The quantitative estimate of drug-likeness (QED) is 0.776. The average Bonchev–Trinajstić information content (AvgIpc) is 2.88. The highest BCUT2D eigenvalue weighted by molar-refractivity contribution is 7.21. The van der Waals surface area contributed by atoms with Crippen LogP contribution in [0, 0.1) is 12.7 Å². The summed E-state index contributed by atoms with van der Waals surface area (Å²) < 4.78 is 14.2. The number of hydrogen-bond donors (Lipinski definition) is 2. The first-order valence-electron chi connectivity index (χ1n) is 6.72. The van der Waals surface area contributed by atoms with Crippen LogP contribution in [0.25, 0.3) is 20.8 Å². The first kappa shape index (κ1) is 14.5. The van der Waals surface area contributed by atoms with Crippen LogP contribution in [0.5, 0.6) is 0 Å². The molecule has 6 heteroatoms. The number of anilines is 1. The minimum absolute atomic E-state index is 0.0978. The lowest BCUT2D eigenvalue weighted by Crippen LogP contribution is -2.22. The molecule has 0 fully saturated rings. The molecule has 0 bridgehead atoms. The summed E-state index contributed by atoms with van der Waals surface area (Å²) in [7, 11) is 0. The van der Waals surface area contributed by atoms with E-state index in [1.807, 2.05) is 25.1 Å². The van der Waals surface area contributed by atoms with E-state index in [2.05, 4.69) is 10.3 Å². The Morgan fingerprint density at radius 1 is 1.32 bits per heavy atom. The van der Waals surface area contributed by atoms with Gasteiger partial charge in [-0.25, -0.2) is 9.37 Å². The maximum Gasteiger partial charge on any atom is 0.236 e. The Bertz CT molecular complexity index is 860. The zero-order valence-corrected chi connectivity index (χ0v) is 12.7. The Morgan fingerprint density at radius 3 is 2.86 bits per heavy atom. The molecule has 1 heterocycles. The SMILES string of the molecule is Cc1cc(-c2nc3cc(F)ccc3s2)ccc1NCC(N)=O. The third-order valence-electron chi connectivity index (χ3n) is 3.28. The molecule has 0 spiro atoms. The third kappa shape index (κ3) is 2.92. The summed E-state index contributed by atoms with van der Waals surface area (Å²) >= 11 is 1.52. The van der Waals surface area contributed by atoms with Crippen LogP contribution in [0.1, 0.15) is 5.56 Å². The van der Waals surface area contributed by atoms with Gasteiger partial charge in [0.1, 0.15) is 10.8 Å². The topological polar surface area (TPSA) is 68.0 Å². The fraction of sp³-hybridized carbons (Fsp3) is 0.125. The number of hydrogen-bond acceptors (Lipinski definition) is 4. The van der Waals surface area contributed by atoms with E-state index in [1.165, 1.54) is 23.5 Å². The van der Waals surface area contributed by atoms with Crippen LogP contribution in [-0.4, -0.2) is 17.4 Å². The van der Waals surface area contributed by atoms with Gasteiger partial charge in [0.15, 0.2) is 0 Å². The van der Waals surface area contributed by atoms with Crippen LogP contribution < -0.4 is 11.1 Å². The molecular formula is C16H14FN3OS. The molecule has 0 aliphatic carbocycles. The monoisotopic (exact) mass is 315 g/mol. The molecule has 0 aliphatic heterocycles. The number of halogens is 1. The minimum Gasteiger partial charge on any atom is -0.376 e. The van der Waals surface area contributed by atoms with Crippen molar-refractivity contribution in [2.45, 2.75) is 6.92 Å². The molecule has 0 atom stereocenters. The van der Waals surface area contributed by atoms with E-state index < -0.39 is 5.91 Å². The maximum atomic E-state index is 13.2. The van der Waals surface area contributed by atoms with Crippen molar-refractivity contribution in [1.29, 1.82) is 0 Å². The number of fused-ring (bicyclic) bond motifs is 1. The van der Waals surface area contributed by atoms with Crippen LogP contribution in [0.2, 0.25) is 0 Å². The smallest absolute Gasteiger partial charge is 0.236 e. The first-order chi connectivity index (χ1) is 10.5. The van der Waals surface area contributed by atoms with E-state index in [1.54, 1.807) is 6.07 Å². The Kier molecular flexibility index (Phi) is 3.77. The van der Waals surface area contributed by atoms with Gasteiger partial charge in [-0.3, -0.25) is 4.79 Å². The van der Waals surface area contributed by atoms with Gasteiger partial charge in [-0.15, -0.1) is 11.3 Å². The number of primary amides is 1. The molecule has 0 unspecified atom stereocenters. The highest BCUT2D eigenvalue weighted by atomic mass is 32.1. The van der Waals surface area contributed by atoms with Gasteiger partial charge in [0.05, 0.1) is 16.8 Å². The summed E-state index contributed by atoms with van der Waals surface area (Å²) in [6.07, 6.45) is 0. The number of carbonyl (C=O) groups excluding carboxylic acids is 1. The fourth-order valence-electron chi connectivity index (χ4n) is 2.20. The van der Waals surface area contributed by atoms with Gasteiger partial charge in [0.2, 0.25) is 5.91 Å². The lowest BCUT2D eigenvalue weighted by molar-refractivity contribution is -0.116. The van der Waals surface area contributed by atoms with Crippen molar-refractivity contribution in [3.63, 3.8) is 0 Å². The number of aromatic nitrogens is 1. The molecular weight excluding hydrogens is 301 g/mol. The Balaban J connectivity index is 1.93. The summed E-state index contributed by atoms with van der Waals surface area (Å²) in [6, 6.07) is 10.4. The highest BCUT2D eigenvalue weighted by Gasteiger charge is 2.09. The highest BCUT2D eigenvalue weighted by Crippen LogP contribution is 2.32. The number of amides is 1. The fourth-order valence-corrected chi connectivity index (χ4v) is 3.14. The number of thiazole rings is 1. The number of nitrogens with zero attached hydrogens (tertiary/aromatic N) is 1. The van der Waals surface area contributed by atoms with Crippen LogP contribution >= 0.6 is 11.3 Å². The van der Waals surface area contributed by atoms with E-state index in [9.17, 15) is 9.18 Å². The Labute approximate surface area is 130 Å². The summed E-state index contributed by atoms with van der Waals surface area (Å²) in [5.74, 6) is -0.691. The van der Waals surface area contributed by atoms with E-state index in [0.29, 0.717) is 5.52 Å². The third-order valence-corrected chi connectivity index (χ3v) is 4.36. The molecule has 0 saturated heterocycles. The van der Waals surface area contributed by atoms with E-state index in [4.69, 9.17) is 5.73 Å². The van der Waals surface area contributed by atoms with Gasteiger partial charge in [-0.05, 0) is 42.8 Å². The van der Waals surface area contributed by atoms with Crippen LogP contribution in [0.15, 0.2) is 36.4 Å². The molecule has 3 N–H and O–H groups in total. The summed E-state index contributed by atoms with van der Waals surface area (Å²) in [5, 5.41) is 3.82. The second kappa shape index (κ2) is 5.73. The van der Waals surface area contributed by atoms with Gasteiger partial charge >= 0.3 is 0 Å². The zero-order valence-electron chi connectivity index (χ0n) is 11.9. The first-order valence-corrected chi connectivity index (χ1v) is 7.54. The number of nitrogens with two attached hydrogens (primary N) is 1. The standard InChI is InChI=1S/C16H14FN3OS/c1-9-6-10(2-4-12(9)19-8-15(18)21)16-20-13-7-11(17)3-5-14(13)22-16/h2-7,19H,8H2,1H3,(H2,18,21). The van der Waals surface area contributed by atoms with Gasteiger partial charge in [-0.1, -0.05) is 0 Å². The van der Waals surface area contributed by atoms with Crippen molar-refractivity contribution in [2.24, 2.45) is 5.73 Å². The summed E-state index contributed by atoms with van der Waals surface area (Å²) in [4.78, 5) is 15.3. The Morgan fingerprint density at radius 2 is 2.14 bits per heavy atom. The van der Waals surface area contributed by atoms with Gasteiger partial charge in [0, 0.05) is 17.3 Å². The lowest BCUT2D eigenvalue weighted by atomic mass is 10.1. The molecule has 2 aromatic carbocycles. The molecule has 0 saturated carbocycles. The molecule has 1 aromatic heterocycles. The molecule has 22 heavy (non-hydrogen) atoms. The van der Waals surface area contributed by atoms with Gasteiger partial charge < -0.3 is 11.1 Å². The Hall–Kier alpha value is -2.47. The van der Waals surface area contributed by atoms with Crippen molar-refractivity contribution >= 4 is 33.1 Å². The number of carbonyl (C=O) groups is 1. The summed E-state index contributed by atoms with van der Waals surface area (Å²) in [5.41, 5.74) is 8.59. The average molecular weight is 315 g/mol. The van der Waals surface area contributed by atoms with Crippen molar-refractivity contribution in [1.82, 2.24) is 4.98 Å². The second-order valence-electron chi connectivity index (χ2n) is 4.98. The predicted molar refractivity (Wildman–Crippen MR) is 87.4 cm³/mol. The number of nitrogens with one attached hydrogen (secondary N) is 1. The van der Waals surface area contributed by atoms with Crippen LogP contribution in [0.4, 0.5) is 10.1 Å². The van der Waals surface area contributed by atoms with Crippen molar-refractivity contribution in [2.75, 3.05) is 11.9 Å². The molecule has 0 aliphatic rings. The minimum atomic E-state index is -0.406. The van der Waals surface area contributed by atoms with Crippen molar-refractivity contribution in [3.05, 3.63) is 47.8 Å². The molecule has 4 nitrogen and oxygen atoms in total. The number of aryl methyl sites for hydroxylation is 1. The van der Waals surface area contributed by atoms with Gasteiger partial charge in [0.25, 0.3) is 0 Å². The molecule has 1 amide bonds. The second-order valence-corrected chi connectivity index (χ2v) is 6.01. The largest absolute Gasteiger partial charge is 0.376 e.